The average Bonchev–Trinajstić information content (AvgIpc) is 2.95. The van der Waals surface area contributed by atoms with Crippen molar-refractivity contribution in [3.05, 3.63) is 82.2 Å². The molecular weight excluding hydrogens is 362 g/mol. The van der Waals surface area contributed by atoms with Gasteiger partial charge in [-0.2, -0.15) is 5.10 Å². The summed E-state index contributed by atoms with van der Waals surface area (Å²) >= 11 is 0. The van der Waals surface area contributed by atoms with Crippen LogP contribution in [0.3, 0.4) is 0 Å². The molecular formula is C24H27N3O2. The minimum absolute atomic E-state index is 0.0796. The fourth-order valence-corrected chi connectivity index (χ4v) is 3.41. The molecule has 1 amide bonds. The second-order valence-corrected chi connectivity index (χ2v) is 7.30. The van der Waals surface area contributed by atoms with Gasteiger partial charge in [-0.15, -0.1) is 0 Å². The third-order valence-corrected chi connectivity index (χ3v) is 4.91. The van der Waals surface area contributed by atoms with Crippen LogP contribution in [0.25, 0.3) is 5.69 Å². The zero-order valence-corrected chi connectivity index (χ0v) is 17.6. The van der Waals surface area contributed by atoms with Crippen molar-refractivity contribution in [1.82, 2.24) is 9.99 Å². The van der Waals surface area contributed by atoms with E-state index < -0.39 is 0 Å². The highest BCUT2D eigenvalue weighted by Crippen LogP contribution is 2.23. The molecule has 0 saturated heterocycles. The maximum absolute atomic E-state index is 12.0. The molecule has 5 heteroatoms. The zero-order valence-electron chi connectivity index (χ0n) is 17.6. The first-order valence-corrected chi connectivity index (χ1v) is 9.63. The predicted molar refractivity (Wildman–Crippen MR) is 117 cm³/mol. The van der Waals surface area contributed by atoms with Gasteiger partial charge in [-0.1, -0.05) is 35.9 Å². The molecule has 0 bridgehead atoms. The van der Waals surface area contributed by atoms with Crippen molar-refractivity contribution in [1.29, 1.82) is 0 Å². The monoisotopic (exact) mass is 389 g/mol. The molecule has 5 nitrogen and oxygen atoms in total. The predicted octanol–water partition coefficient (Wildman–Crippen LogP) is 4.55. The largest absolute Gasteiger partial charge is 0.483 e. The lowest BCUT2D eigenvalue weighted by atomic mass is 10.1. The number of amides is 1. The maximum Gasteiger partial charge on any atom is 0.277 e. The van der Waals surface area contributed by atoms with Gasteiger partial charge < -0.3 is 9.30 Å². The zero-order chi connectivity index (χ0) is 21.0. The summed E-state index contributed by atoms with van der Waals surface area (Å²) < 4.78 is 7.75. The molecule has 1 heterocycles. The van der Waals surface area contributed by atoms with Crippen molar-refractivity contribution < 1.29 is 9.53 Å². The molecule has 1 aromatic heterocycles. The molecule has 1 N–H and O–H groups in total. The third kappa shape index (κ3) is 4.74. The molecule has 0 aliphatic heterocycles. The number of aromatic nitrogens is 1. The number of hydrogen-bond donors (Lipinski definition) is 1. The first-order chi connectivity index (χ1) is 13.9. The van der Waals surface area contributed by atoms with Gasteiger partial charge in [0.05, 0.1) is 6.21 Å². The number of carbonyl (C=O) groups excluding carboxylic acids is 1. The van der Waals surface area contributed by atoms with E-state index in [2.05, 4.69) is 67.1 Å². The van der Waals surface area contributed by atoms with Crippen molar-refractivity contribution in [3.63, 3.8) is 0 Å². The smallest absolute Gasteiger partial charge is 0.277 e. The highest BCUT2D eigenvalue weighted by Gasteiger charge is 2.11. The Kier molecular flexibility index (Phi) is 6.17. The van der Waals surface area contributed by atoms with Gasteiger partial charge in [-0.3, -0.25) is 4.79 Å². The SMILES string of the molecule is Cc1ccc(-n2c(C)cc(/C=N/NC(=O)COc3ccccc3C)c2C)c(C)c1. The van der Waals surface area contributed by atoms with Gasteiger partial charge >= 0.3 is 0 Å². The summed E-state index contributed by atoms with van der Waals surface area (Å²) in [6, 6.07) is 16.1. The number of nitrogens with one attached hydrogen (secondary N) is 1. The summed E-state index contributed by atoms with van der Waals surface area (Å²) in [5.41, 5.74) is 10.3. The minimum Gasteiger partial charge on any atom is -0.483 e. The summed E-state index contributed by atoms with van der Waals surface area (Å²) in [7, 11) is 0. The van der Waals surface area contributed by atoms with Crippen LogP contribution in [0.15, 0.2) is 53.6 Å². The summed E-state index contributed by atoms with van der Waals surface area (Å²) in [5.74, 6) is 0.399. The number of para-hydroxylation sites is 1. The van der Waals surface area contributed by atoms with Crippen LogP contribution in [0, 0.1) is 34.6 Å². The number of rotatable bonds is 6. The summed E-state index contributed by atoms with van der Waals surface area (Å²) in [6.07, 6.45) is 1.67. The highest BCUT2D eigenvalue weighted by molar-refractivity contribution is 5.84. The van der Waals surface area contributed by atoms with E-state index in [0.717, 1.165) is 28.2 Å². The van der Waals surface area contributed by atoms with Gasteiger partial charge in [0.15, 0.2) is 6.61 Å². The van der Waals surface area contributed by atoms with E-state index in [1.54, 1.807) is 6.21 Å². The van der Waals surface area contributed by atoms with E-state index in [0.29, 0.717) is 5.75 Å². The Hall–Kier alpha value is -3.34. The van der Waals surface area contributed by atoms with Crippen molar-refractivity contribution in [3.8, 4) is 11.4 Å². The quantitative estimate of drug-likeness (QED) is 0.497. The normalized spacial score (nSPS) is 11.1. The van der Waals surface area contributed by atoms with Gasteiger partial charge in [-0.25, -0.2) is 5.43 Å². The summed E-state index contributed by atoms with van der Waals surface area (Å²) in [5, 5.41) is 4.10. The van der Waals surface area contributed by atoms with Crippen molar-refractivity contribution in [2.75, 3.05) is 6.61 Å². The van der Waals surface area contributed by atoms with Crippen LogP contribution in [0.5, 0.6) is 5.75 Å². The van der Waals surface area contributed by atoms with Crippen LogP contribution in [0.1, 0.15) is 33.6 Å². The van der Waals surface area contributed by atoms with E-state index in [1.165, 1.54) is 11.1 Å². The van der Waals surface area contributed by atoms with Crippen molar-refractivity contribution in [2.24, 2.45) is 5.10 Å². The fourth-order valence-electron chi connectivity index (χ4n) is 3.41. The number of hydrazone groups is 1. The summed E-state index contributed by atoms with van der Waals surface area (Å²) in [6.45, 7) is 10.2. The van der Waals surface area contributed by atoms with Crippen LogP contribution in [0.4, 0.5) is 0 Å². The molecule has 0 aliphatic carbocycles. The molecule has 3 rings (SSSR count). The minimum atomic E-state index is -0.298. The molecule has 0 aliphatic rings. The molecule has 0 saturated carbocycles. The van der Waals surface area contributed by atoms with E-state index in [1.807, 2.05) is 31.2 Å². The Morgan fingerprint density at radius 2 is 1.79 bits per heavy atom. The van der Waals surface area contributed by atoms with Gasteiger partial charge in [0, 0.05) is 22.6 Å². The molecule has 2 aromatic carbocycles. The van der Waals surface area contributed by atoms with E-state index in [9.17, 15) is 4.79 Å². The fraction of sp³-hybridized carbons (Fsp3) is 0.250. The summed E-state index contributed by atoms with van der Waals surface area (Å²) in [4.78, 5) is 12.0. The Labute approximate surface area is 172 Å². The lowest BCUT2D eigenvalue weighted by Gasteiger charge is -2.13. The molecule has 29 heavy (non-hydrogen) atoms. The number of nitrogens with zero attached hydrogens (tertiary/aromatic N) is 2. The number of ether oxygens (including phenoxy) is 1. The maximum atomic E-state index is 12.0. The molecule has 0 radical (unpaired) electrons. The Morgan fingerprint density at radius 3 is 2.52 bits per heavy atom. The molecule has 0 atom stereocenters. The number of benzene rings is 2. The molecule has 3 aromatic rings. The lowest BCUT2D eigenvalue weighted by Crippen LogP contribution is -2.24. The van der Waals surface area contributed by atoms with Gasteiger partial charge in [0.1, 0.15) is 5.75 Å². The van der Waals surface area contributed by atoms with E-state index in [4.69, 9.17) is 4.74 Å². The molecule has 0 spiro atoms. The molecule has 0 fully saturated rings. The number of hydrogen-bond acceptors (Lipinski definition) is 3. The van der Waals surface area contributed by atoms with E-state index >= 15 is 0 Å². The van der Waals surface area contributed by atoms with Gasteiger partial charge in [0.25, 0.3) is 5.91 Å². The highest BCUT2D eigenvalue weighted by atomic mass is 16.5. The topological polar surface area (TPSA) is 55.6 Å². The average molecular weight is 389 g/mol. The first-order valence-electron chi connectivity index (χ1n) is 9.63. The van der Waals surface area contributed by atoms with E-state index in [-0.39, 0.29) is 12.5 Å². The number of carbonyl (C=O) groups is 1. The first kappa shape index (κ1) is 20.4. The second-order valence-electron chi connectivity index (χ2n) is 7.30. The lowest BCUT2D eigenvalue weighted by molar-refractivity contribution is -0.123. The second kappa shape index (κ2) is 8.78. The van der Waals surface area contributed by atoms with Crippen molar-refractivity contribution >= 4 is 12.1 Å². The molecule has 0 unspecified atom stereocenters. The Morgan fingerprint density at radius 1 is 1.03 bits per heavy atom. The van der Waals surface area contributed by atoms with Crippen LogP contribution in [-0.2, 0) is 4.79 Å². The van der Waals surface area contributed by atoms with Crippen LogP contribution < -0.4 is 10.2 Å². The van der Waals surface area contributed by atoms with Crippen LogP contribution >= 0.6 is 0 Å². The molecule has 150 valence electrons. The van der Waals surface area contributed by atoms with Crippen LogP contribution in [-0.4, -0.2) is 23.3 Å². The van der Waals surface area contributed by atoms with Crippen LogP contribution in [0.2, 0.25) is 0 Å². The Balaban J connectivity index is 1.67. The Bertz CT molecular complexity index is 1060. The van der Waals surface area contributed by atoms with Gasteiger partial charge in [0.2, 0.25) is 0 Å². The van der Waals surface area contributed by atoms with Crippen molar-refractivity contribution in [2.45, 2.75) is 34.6 Å². The number of aryl methyl sites for hydroxylation is 4. The standard InChI is InChI=1S/C24H27N3O2/c1-16-10-11-22(18(3)12-16)27-19(4)13-21(20(27)5)14-25-26-24(28)15-29-23-9-7-6-8-17(23)2/h6-14H,15H2,1-5H3,(H,26,28)/b25-14+. The van der Waals surface area contributed by atoms with Gasteiger partial charge in [-0.05, 0) is 63.9 Å². The third-order valence-electron chi connectivity index (χ3n) is 4.91.